The molecule has 0 fully saturated rings. The van der Waals surface area contributed by atoms with E-state index in [0.29, 0.717) is 17.5 Å². The minimum Gasteiger partial charge on any atom is -0.504 e. The van der Waals surface area contributed by atoms with Gasteiger partial charge in [0.2, 0.25) is 0 Å². The van der Waals surface area contributed by atoms with E-state index in [-0.39, 0.29) is 11.5 Å². The maximum absolute atomic E-state index is 11.5. The first kappa shape index (κ1) is 13.4. The number of phenolic OH excluding ortho intramolecular Hbond substituents is 1. The molecule has 0 radical (unpaired) electrons. The van der Waals surface area contributed by atoms with E-state index in [2.05, 4.69) is 0 Å². The van der Waals surface area contributed by atoms with Gasteiger partial charge in [-0.15, -0.1) is 0 Å². The average molecular weight is 277 g/mol. The highest BCUT2D eigenvalue weighted by atomic mass is 35.5. The normalized spacial score (nSPS) is 10.2. The Morgan fingerprint density at radius 1 is 1.21 bits per heavy atom. The molecule has 0 saturated heterocycles. The number of rotatable bonds is 4. The highest BCUT2D eigenvalue weighted by molar-refractivity contribution is 6.68. The third-order valence-corrected chi connectivity index (χ3v) is 3.08. The van der Waals surface area contributed by atoms with Crippen molar-refractivity contribution in [3.05, 3.63) is 59.2 Å². The van der Waals surface area contributed by atoms with Crippen LogP contribution >= 0.6 is 11.6 Å². The second-order valence-corrected chi connectivity index (χ2v) is 4.42. The van der Waals surface area contributed by atoms with E-state index in [4.69, 9.17) is 16.3 Å². The van der Waals surface area contributed by atoms with Crippen LogP contribution in [0.25, 0.3) is 0 Å². The largest absolute Gasteiger partial charge is 0.504 e. The Labute approximate surface area is 116 Å². The second kappa shape index (κ2) is 5.76. The Balaban J connectivity index is 2.52. The molecule has 0 saturated carbocycles. The highest BCUT2D eigenvalue weighted by Crippen LogP contribution is 2.34. The van der Waals surface area contributed by atoms with Crippen LogP contribution in [0.2, 0.25) is 0 Å². The minimum atomic E-state index is -0.566. The van der Waals surface area contributed by atoms with Crippen LogP contribution in [-0.2, 0) is 6.42 Å². The van der Waals surface area contributed by atoms with Gasteiger partial charge in [0.05, 0.1) is 7.11 Å². The Morgan fingerprint density at radius 3 is 2.47 bits per heavy atom. The molecule has 98 valence electrons. The van der Waals surface area contributed by atoms with E-state index in [1.807, 2.05) is 30.3 Å². The summed E-state index contributed by atoms with van der Waals surface area (Å²) >= 11 is 5.58. The fourth-order valence-electron chi connectivity index (χ4n) is 2.00. The zero-order chi connectivity index (χ0) is 13.8. The van der Waals surface area contributed by atoms with E-state index in [1.165, 1.54) is 19.2 Å². The summed E-state index contributed by atoms with van der Waals surface area (Å²) in [5.41, 5.74) is 1.94. The Hall–Kier alpha value is -2.00. The van der Waals surface area contributed by atoms with E-state index in [0.717, 1.165) is 5.56 Å². The average Bonchev–Trinajstić information content (AvgIpc) is 2.40. The number of phenols is 1. The van der Waals surface area contributed by atoms with E-state index in [1.54, 1.807) is 0 Å². The molecule has 2 rings (SSSR count). The van der Waals surface area contributed by atoms with Crippen LogP contribution in [0.4, 0.5) is 0 Å². The smallest absolute Gasteiger partial charge is 0.252 e. The first-order valence-corrected chi connectivity index (χ1v) is 6.14. The van der Waals surface area contributed by atoms with E-state index in [9.17, 15) is 9.90 Å². The van der Waals surface area contributed by atoms with Gasteiger partial charge in [0.25, 0.3) is 5.24 Å². The maximum Gasteiger partial charge on any atom is 0.252 e. The van der Waals surface area contributed by atoms with Crippen LogP contribution in [-0.4, -0.2) is 17.5 Å². The van der Waals surface area contributed by atoms with Crippen molar-refractivity contribution in [2.24, 2.45) is 0 Å². The number of carbonyl (C=O) groups excluding carboxylic acids is 1. The number of ether oxygens (including phenoxy) is 1. The van der Waals surface area contributed by atoms with Gasteiger partial charge in [-0.05, 0) is 29.3 Å². The number of halogens is 1. The van der Waals surface area contributed by atoms with Crippen molar-refractivity contribution in [3.63, 3.8) is 0 Å². The Bertz CT molecular complexity index is 594. The minimum absolute atomic E-state index is 0.00454. The molecule has 0 bridgehead atoms. The number of methoxy groups -OCH3 is 1. The molecule has 1 N–H and O–H groups in total. The standard InChI is InChI=1S/C15H13ClO3/c1-19-14-12(9-10-5-3-2-4-6-10)11(15(16)18)7-8-13(14)17/h2-8,17H,9H2,1H3. The highest BCUT2D eigenvalue weighted by Gasteiger charge is 2.17. The molecule has 0 unspecified atom stereocenters. The predicted octanol–water partition coefficient (Wildman–Crippen LogP) is 3.37. The lowest BCUT2D eigenvalue weighted by molar-refractivity contribution is 0.108. The molecule has 0 atom stereocenters. The fourth-order valence-corrected chi connectivity index (χ4v) is 2.18. The summed E-state index contributed by atoms with van der Waals surface area (Å²) in [5.74, 6) is 0.283. The second-order valence-electron chi connectivity index (χ2n) is 4.08. The zero-order valence-corrected chi connectivity index (χ0v) is 11.1. The fraction of sp³-hybridized carbons (Fsp3) is 0.133. The maximum atomic E-state index is 11.5. The van der Waals surface area contributed by atoms with Gasteiger partial charge in [0, 0.05) is 17.5 Å². The molecule has 0 aliphatic heterocycles. The molecule has 0 aromatic heterocycles. The van der Waals surface area contributed by atoms with Gasteiger partial charge in [0.15, 0.2) is 11.5 Å². The number of hydrogen-bond acceptors (Lipinski definition) is 3. The molecular formula is C15H13ClO3. The molecule has 2 aromatic carbocycles. The molecular weight excluding hydrogens is 264 g/mol. The number of aromatic hydroxyl groups is 1. The molecule has 19 heavy (non-hydrogen) atoms. The summed E-state index contributed by atoms with van der Waals surface area (Å²) in [6, 6.07) is 12.5. The first-order valence-electron chi connectivity index (χ1n) is 5.76. The third kappa shape index (κ3) is 2.88. The van der Waals surface area contributed by atoms with Crippen LogP contribution in [0.5, 0.6) is 11.5 Å². The van der Waals surface area contributed by atoms with Crippen molar-refractivity contribution in [1.29, 1.82) is 0 Å². The number of hydrogen-bond donors (Lipinski definition) is 1. The van der Waals surface area contributed by atoms with Gasteiger partial charge < -0.3 is 9.84 Å². The lowest BCUT2D eigenvalue weighted by atomic mass is 9.98. The summed E-state index contributed by atoms with van der Waals surface area (Å²) in [6.07, 6.45) is 0.464. The lowest BCUT2D eigenvalue weighted by Gasteiger charge is -2.13. The van der Waals surface area contributed by atoms with Crippen molar-refractivity contribution in [3.8, 4) is 11.5 Å². The van der Waals surface area contributed by atoms with Crippen molar-refractivity contribution in [2.75, 3.05) is 7.11 Å². The van der Waals surface area contributed by atoms with Gasteiger partial charge in [-0.3, -0.25) is 4.79 Å². The third-order valence-electron chi connectivity index (χ3n) is 2.88. The van der Waals surface area contributed by atoms with Gasteiger partial charge in [-0.25, -0.2) is 0 Å². The molecule has 0 heterocycles. The van der Waals surface area contributed by atoms with Crippen LogP contribution in [0.15, 0.2) is 42.5 Å². The molecule has 4 heteroatoms. The summed E-state index contributed by atoms with van der Waals surface area (Å²) in [6.45, 7) is 0. The number of benzene rings is 2. The van der Waals surface area contributed by atoms with Gasteiger partial charge in [-0.1, -0.05) is 30.3 Å². The summed E-state index contributed by atoms with van der Waals surface area (Å²) in [5, 5.41) is 9.23. The Morgan fingerprint density at radius 2 is 1.89 bits per heavy atom. The van der Waals surface area contributed by atoms with Crippen LogP contribution in [0.1, 0.15) is 21.5 Å². The topological polar surface area (TPSA) is 46.5 Å². The van der Waals surface area contributed by atoms with Crippen molar-refractivity contribution in [2.45, 2.75) is 6.42 Å². The van der Waals surface area contributed by atoms with Gasteiger partial charge in [-0.2, -0.15) is 0 Å². The molecule has 0 spiro atoms. The zero-order valence-electron chi connectivity index (χ0n) is 10.4. The summed E-state index contributed by atoms with van der Waals surface area (Å²) in [7, 11) is 1.45. The van der Waals surface area contributed by atoms with Crippen LogP contribution in [0, 0.1) is 0 Å². The van der Waals surface area contributed by atoms with E-state index >= 15 is 0 Å². The molecule has 3 nitrogen and oxygen atoms in total. The SMILES string of the molecule is COc1c(O)ccc(C(=O)Cl)c1Cc1ccccc1. The summed E-state index contributed by atoms with van der Waals surface area (Å²) < 4.78 is 5.18. The molecule has 0 aliphatic carbocycles. The summed E-state index contributed by atoms with van der Waals surface area (Å²) in [4.78, 5) is 11.5. The Kier molecular flexibility index (Phi) is 4.07. The predicted molar refractivity (Wildman–Crippen MR) is 74.1 cm³/mol. The van der Waals surface area contributed by atoms with Crippen LogP contribution in [0.3, 0.4) is 0 Å². The number of carbonyl (C=O) groups is 1. The quantitative estimate of drug-likeness (QED) is 0.871. The van der Waals surface area contributed by atoms with Crippen LogP contribution < -0.4 is 4.74 Å². The molecule has 0 amide bonds. The van der Waals surface area contributed by atoms with Gasteiger partial charge in [0.1, 0.15) is 0 Å². The first-order chi connectivity index (χ1) is 9.13. The van der Waals surface area contributed by atoms with Gasteiger partial charge >= 0.3 is 0 Å². The molecule has 2 aromatic rings. The van der Waals surface area contributed by atoms with E-state index < -0.39 is 5.24 Å². The van der Waals surface area contributed by atoms with Crippen molar-refractivity contribution in [1.82, 2.24) is 0 Å². The monoisotopic (exact) mass is 276 g/mol. The van der Waals surface area contributed by atoms with Crippen molar-refractivity contribution < 1.29 is 14.6 Å². The molecule has 0 aliphatic rings. The lowest BCUT2D eigenvalue weighted by Crippen LogP contribution is -2.02. The van der Waals surface area contributed by atoms with Crippen molar-refractivity contribution >= 4 is 16.8 Å².